The van der Waals surface area contributed by atoms with Gasteiger partial charge in [0, 0.05) is 11.8 Å². The third-order valence-electron chi connectivity index (χ3n) is 1.74. The highest BCUT2D eigenvalue weighted by atomic mass is 19.3. The molecule has 0 aliphatic heterocycles. The van der Waals surface area contributed by atoms with Gasteiger partial charge in [-0.15, -0.1) is 0 Å². The Morgan fingerprint density at radius 3 is 2.60 bits per heavy atom. The van der Waals surface area contributed by atoms with Gasteiger partial charge in [0.15, 0.2) is 5.75 Å². The summed E-state index contributed by atoms with van der Waals surface area (Å²) < 4.78 is 24.7. The lowest BCUT2D eigenvalue weighted by atomic mass is 10.1. The average molecular weight is 219 g/mol. The van der Waals surface area contributed by atoms with Crippen LogP contribution in [0.15, 0.2) is 11.0 Å². The molecule has 1 heterocycles. The molecular formula is C8H7F2NO4. The number of hydrogen-bond donors (Lipinski definition) is 3. The van der Waals surface area contributed by atoms with Gasteiger partial charge in [-0.3, -0.25) is 9.59 Å². The lowest BCUT2D eigenvalue weighted by Crippen LogP contribution is -2.17. The van der Waals surface area contributed by atoms with E-state index in [1.165, 1.54) is 0 Å². The van der Waals surface area contributed by atoms with Gasteiger partial charge in [0.25, 0.3) is 6.43 Å². The molecule has 0 saturated heterocycles. The van der Waals surface area contributed by atoms with Crippen molar-refractivity contribution >= 4 is 5.97 Å². The predicted octanol–water partition coefficient (Wildman–Crippen LogP) is 0.645. The first-order valence-electron chi connectivity index (χ1n) is 3.87. The summed E-state index contributed by atoms with van der Waals surface area (Å²) in [7, 11) is 0. The molecule has 0 radical (unpaired) electrons. The van der Waals surface area contributed by atoms with E-state index in [9.17, 15) is 18.4 Å². The molecule has 0 unspecified atom stereocenters. The fraction of sp³-hybridized carbons (Fsp3) is 0.250. The van der Waals surface area contributed by atoms with Gasteiger partial charge in [-0.05, 0) is 0 Å². The molecule has 15 heavy (non-hydrogen) atoms. The van der Waals surface area contributed by atoms with Crippen LogP contribution in [0.2, 0.25) is 0 Å². The molecule has 1 rings (SSSR count). The maximum absolute atomic E-state index is 12.3. The van der Waals surface area contributed by atoms with Gasteiger partial charge in [0.05, 0.1) is 12.1 Å². The third kappa shape index (κ3) is 2.30. The zero-order chi connectivity index (χ0) is 11.6. The number of pyridine rings is 1. The zero-order valence-electron chi connectivity index (χ0n) is 7.33. The Labute approximate surface area is 82.0 Å². The number of carbonyl (C=O) groups is 1. The largest absolute Gasteiger partial charge is 0.503 e. The summed E-state index contributed by atoms with van der Waals surface area (Å²) in [6.07, 6.45) is -3.15. The normalized spacial score (nSPS) is 10.6. The Morgan fingerprint density at radius 2 is 2.13 bits per heavy atom. The van der Waals surface area contributed by atoms with Crippen molar-refractivity contribution in [1.29, 1.82) is 0 Å². The number of aliphatic carboxylic acids is 1. The predicted molar refractivity (Wildman–Crippen MR) is 45.0 cm³/mol. The minimum absolute atomic E-state index is 0.627. The molecule has 5 nitrogen and oxygen atoms in total. The number of rotatable bonds is 3. The minimum atomic E-state index is -2.99. The van der Waals surface area contributed by atoms with Crippen molar-refractivity contribution in [2.24, 2.45) is 0 Å². The van der Waals surface area contributed by atoms with Gasteiger partial charge in [-0.2, -0.15) is 0 Å². The number of nitrogens with one attached hydrogen (secondary N) is 1. The van der Waals surface area contributed by atoms with Crippen LogP contribution in [0.3, 0.4) is 0 Å². The summed E-state index contributed by atoms with van der Waals surface area (Å²) in [4.78, 5) is 23.5. The Balaban J connectivity index is 3.35. The second-order valence-electron chi connectivity index (χ2n) is 2.77. The van der Waals surface area contributed by atoms with Gasteiger partial charge in [-0.1, -0.05) is 0 Å². The van der Waals surface area contributed by atoms with Gasteiger partial charge in [0.2, 0.25) is 5.43 Å². The van der Waals surface area contributed by atoms with E-state index < -0.39 is 41.3 Å². The van der Waals surface area contributed by atoms with Crippen molar-refractivity contribution in [3.05, 3.63) is 27.7 Å². The molecular weight excluding hydrogens is 212 g/mol. The zero-order valence-corrected chi connectivity index (χ0v) is 7.33. The van der Waals surface area contributed by atoms with Crippen LogP contribution in [-0.4, -0.2) is 21.2 Å². The van der Waals surface area contributed by atoms with Crippen LogP contribution in [0.5, 0.6) is 5.75 Å². The Kier molecular flexibility index (Phi) is 3.03. The SMILES string of the molecule is O=C(O)Cc1c(C(F)F)[nH]cc(O)c1=O. The third-order valence-corrected chi connectivity index (χ3v) is 1.74. The molecule has 0 amide bonds. The van der Waals surface area contributed by atoms with Crippen LogP contribution in [-0.2, 0) is 11.2 Å². The van der Waals surface area contributed by atoms with E-state index in [1.54, 1.807) is 0 Å². The molecule has 0 aromatic carbocycles. The van der Waals surface area contributed by atoms with Crippen LogP contribution < -0.4 is 5.43 Å². The van der Waals surface area contributed by atoms with Crippen LogP contribution in [0, 0.1) is 0 Å². The van der Waals surface area contributed by atoms with Crippen molar-refractivity contribution in [2.45, 2.75) is 12.8 Å². The number of carboxylic acid groups (broad SMARTS) is 1. The molecule has 1 aromatic heterocycles. The van der Waals surface area contributed by atoms with Crippen molar-refractivity contribution in [1.82, 2.24) is 4.98 Å². The molecule has 0 saturated carbocycles. The summed E-state index contributed by atoms with van der Waals surface area (Å²) in [6.45, 7) is 0. The van der Waals surface area contributed by atoms with E-state index in [2.05, 4.69) is 0 Å². The van der Waals surface area contributed by atoms with E-state index in [0.29, 0.717) is 6.20 Å². The first kappa shape index (κ1) is 11.2. The number of carboxylic acids is 1. The maximum atomic E-state index is 12.3. The molecule has 0 spiro atoms. The van der Waals surface area contributed by atoms with Crippen LogP contribution >= 0.6 is 0 Å². The van der Waals surface area contributed by atoms with E-state index in [0.717, 1.165) is 0 Å². The number of hydrogen-bond acceptors (Lipinski definition) is 3. The Bertz CT molecular complexity index is 441. The average Bonchev–Trinajstić information content (AvgIpc) is 2.12. The number of alkyl halides is 2. The van der Waals surface area contributed by atoms with Crippen LogP contribution in [0.1, 0.15) is 17.7 Å². The topological polar surface area (TPSA) is 90.4 Å². The lowest BCUT2D eigenvalue weighted by molar-refractivity contribution is -0.136. The molecule has 0 bridgehead atoms. The van der Waals surface area contributed by atoms with Gasteiger partial charge in [-0.25, -0.2) is 8.78 Å². The molecule has 3 N–H and O–H groups in total. The van der Waals surface area contributed by atoms with Crippen LogP contribution in [0.4, 0.5) is 8.78 Å². The highest BCUT2D eigenvalue weighted by molar-refractivity contribution is 5.70. The first-order valence-corrected chi connectivity index (χ1v) is 3.87. The summed E-state index contributed by atoms with van der Waals surface area (Å²) >= 11 is 0. The minimum Gasteiger partial charge on any atom is -0.503 e. The van der Waals surface area contributed by atoms with Gasteiger partial charge in [0.1, 0.15) is 0 Å². The molecule has 1 aromatic rings. The molecule has 0 aliphatic carbocycles. The lowest BCUT2D eigenvalue weighted by Gasteiger charge is -2.06. The fourth-order valence-electron chi connectivity index (χ4n) is 1.10. The fourth-order valence-corrected chi connectivity index (χ4v) is 1.10. The number of aromatic amines is 1. The quantitative estimate of drug-likeness (QED) is 0.695. The number of H-pyrrole nitrogens is 1. The molecule has 82 valence electrons. The number of halogens is 2. The Hall–Kier alpha value is -1.92. The van der Waals surface area contributed by atoms with E-state index in [-0.39, 0.29) is 0 Å². The summed E-state index contributed by atoms with van der Waals surface area (Å²) in [5.74, 6) is -2.20. The number of aromatic hydroxyl groups is 1. The molecule has 0 atom stereocenters. The van der Waals surface area contributed by atoms with E-state index >= 15 is 0 Å². The van der Waals surface area contributed by atoms with Gasteiger partial charge < -0.3 is 15.2 Å². The maximum Gasteiger partial charge on any atom is 0.308 e. The van der Waals surface area contributed by atoms with E-state index in [4.69, 9.17) is 10.2 Å². The molecule has 7 heteroatoms. The van der Waals surface area contributed by atoms with Crippen molar-refractivity contribution in [3.8, 4) is 5.75 Å². The summed E-state index contributed by atoms with van der Waals surface area (Å²) in [5.41, 5.74) is -2.50. The second kappa shape index (κ2) is 4.07. The number of aromatic nitrogens is 1. The van der Waals surface area contributed by atoms with Crippen LogP contribution in [0.25, 0.3) is 0 Å². The standard InChI is InChI=1S/C8H7F2NO4/c9-8(10)6-3(1-5(13)14)7(15)4(12)2-11-6/h2,8,12H,1H2,(H,11,15)(H,13,14). The van der Waals surface area contributed by atoms with Crippen molar-refractivity contribution in [3.63, 3.8) is 0 Å². The highest BCUT2D eigenvalue weighted by Gasteiger charge is 2.20. The first-order chi connectivity index (χ1) is 6.93. The van der Waals surface area contributed by atoms with Crippen molar-refractivity contribution in [2.75, 3.05) is 0 Å². The monoisotopic (exact) mass is 219 g/mol. The molecule has 0 aliphatic rings. The summed E-state index contributed by atoms with van der Waals surface area (Å²) in [6, 6.07) is 0. The van der Waals surface area contributed by atoms with Crippen molar-refractivity contribution < 1.29 is 23.8 Å². The molecule has 0 fully saturated rings. The summed E-state index contributed by atoms with van der Waals surface area (Å²) in [5, 5.41) is 17.3. The van der Waals surface area contributed by atoms with Gasteiger partial charge >= 0.3 is 5.97 Å². The smallest absolute Gasteiger partial charge is 0.308 e. The highest BCUT2D eigenvalue weighted by Crippen LogP contribution is 2.20. The van der Waals surface area contributed by atoms with E-state index in [1.807, 2.05) is 4.98 Å². The Morgan fingerprint density at radius 1 is 1.53 bits per heavy atom. The second-order valence-corrected chi connectivity index (χ2v) is 2.77.